The van der Waals surface area contributed by atoms with Gasteiger partial charge in [0.25, 0.3) is 15.7 Å². The molecule has 0 aliphatic heterocycles. The van der Waals surface area contributed by atoms with E-state index in [1.807, 2.05) is 0 Å². The van der Waals surface area contributed by atoms with Crippen molar-refractivity contribution in [3.8, 4) is 5.75 Å². The normalized spacial score (nSPS) is 11.4. The Labute approximate surface area is 146 Å². The van der Waals surface area contributed by atoms with Crippen LogP contribution in [-0.4, -0.2) is 29.2 Å². The van der Waals surface area contributed by atoms with Gasteiger partial charge in [-0.1, -0.05) is 6.07 Å². The summed E-state index contributed by atoms with van der Waals surface area (Å²) >= 11 is 0.906. The maximum absolute atomic E-state index is 12.9. The Morgan fingerprint density at radius 1 is 1.24 bits per heavy atom. The van der Waals surface area contributed by atoms with Crippen molar-refractivity contribution >= 4 is 44.2 Å². The zero-order chi connectivity index (χ0) is 18.2. The maximum Gasteiger partial charge on any atom is 0.271 e. The van der Waals surface area contributed by atoms with E-state index in [1.165, 1.54) is 19.2 Å². The molecule has 0 aliphatic rings. The lowest BCUT2D eigenvalue weighted by molar-refractivity contribution is -0.384. The number of nitrogens with zero attached hydrogens (tertiary/aromatic N) is 3. The third kappa shape index (κ3) is 3.10. The third-order valence-electron chi connectivity index (χ3n) is 3.49. The average molecular weight is 380 g/mol. The number of hydrogen-bond acceptors (Lipinski definition) is 8. The van der Waals surface area contributed by atoms with E-state index < -0.39 is 14.9 Å². The summed E-state index contributed by atoms with van der Waals surface area (Å²) in [4.78, 5) is 10.3. The van der Waals surface area contributed by atoms with Crippen LogP contribution in [0, 0.1) is 17.0 Å². The summed E-state index contributed by atoms with van der Waals surface area (Å²) in [5.41, 5.74) is 0.904. The first-order chi connectivity index (χ1) is 11.8. The highest BCUT2D eigenvalue weighted by Gasteiger charge is 2.24. The number of fused-ring (bicyclic) bond motifs is 1. The number of nitrogens with one attached hydrogen (secondary N) is 1. The number of aryl methyl sites for hydroxylation is 1. The molecule has 1 heterocycles. The van der Waals surface area contributed by atoms with E-state index in [4.69, 9.17) is 4.74 Å². The van der Waals surface area contributed by atoms with Gasteiger partial charge in [-0.05, 0) is 24.6 Å². The van der Waals surface area contributed by atoms with Gasteiger partial charge in [0.2, 0.25) is 0 Å². The standard InChI is InChI=1S/C14H12N4O5S2/c1-8-3-5-10-13(16-24-15-10)14(8)25(21,22)17-11-7-9(18(19)20)4-6-12(11)23-2/h3-7,17H,1-2H3. The first-order valence-corrected chi connectivity index (χ1v) is 9.12. The largest absolute Gasteiger partial charge is 0.495 e. The van der Waals surface area contributed by atoms with Crippen LogP contribution >= 0.6 is 11.7 Å². The highest BCUT2D eigenvalue weighted by molar-refractivity contribution is 7.93. The number of nitro groups is 1. The molecule has 0 radical (unpaired) electrons. The molecule has 130 valence electrons. The first-order valence-electron chi connectivity index (χ1n) is 6.90. The fraction of sp³-hybridized carbons (Fsp3) is 0.143. The lowest BCUT2D eigenvalue weighted by Gasteiger charge is -2.13. The Hall–Kier alpha value is -2.79. The van der Waals surface area contributed by atoms with Crippen LogP contribution < -0.4 is 9.46 Å². The van der Waals surface area contributed by atoms with Crippen LogP contribution in [0.4, 0.5) is 11.4 Å². The molecule has 2 aromatic carbocycles. The molecule has 25 heavy (non-hydrogen) atoms. The second kappa shape index (κ2) is 6.26. The summed E-state index contributed by atoms with van der Waals surface area (Å²) < 4.78 is 41.3. The summed E-state index contributed by atoms with van der Waals surface area (Å²) in [6.07, 6.45) is 0. The van der Waals surface area contributed by atoms with Gasteiger partial charge in [-0.15, -0.1) is 0 Å². The van der Waals surface area contributed by atoms with Gasteiger partial charge >= 0.3 is 0 Å². The highest BCUT2D eigenvalue weighted by Crippen LogP contribution is 2.33. The van der Waals surface area contributed by atoms with Crippen molar-refractivity contribution in [1.29, 1.82) is 0 Å². The Morgan fingerprint density at radius 2 is 2.00 bits per heavy atom. The maximum atomic E-state index is 12.9. The number of nitro benzene ring substituents is 1. The number of rotatable bonds is 5. The van der Waals surface area contributed by atoms with Crippen LogP contribution in [0.3, 0.4) is 0 Å². The molecule has 0 saturated carbocycles. The van der Waals surface area contributed by atoms with Gasteiger partial charge in [0.1, 0.15) is 21.7 Å². The second-order valence-electron chi connectivity index (χ2n) is 5.09. The van der Waals surface area contributed by atoms with Gasteiger partial charge in [0.15, 0.2) is 0 Å². The minimum Gasteiger partial charge on any atom is -0.495 e. The summed E-state index contributed by atoms with van der Waals surface area (Å²) in [5.74, 6) is 0.162. The highest BCUT2D eigenvalue weighted by atomic mass is 32.2. The number of hydrogen-bond donors (Lipinski definition) is 1. The number of aromatic nitrogens is 2. The number of non-ortho nitro benzene ring substituents is 1. The topological polar surface area (TPSA) is 124 Å². The number of sulfonamides is 1. The molecule has 3 aromatic rings. The number of benzene rings is 2. The Morgan fingerprint density at radius 3 is 2.68 bits per heavy atom. The van der Waals surface area contributed by atoms with Gasteiger partial charge < -0.3 is 4.74 Å². The average Bonchev–Trinajstić information content (AvgIpc) is 3.02. The predicted octanol–water partition coefficient (Wildman–Crippen LogP) is 2.72. The molecule has 0 aliphatic carbocycles. The van der Waals surface area contributed by atoms with Crippen molar-refractivity contribution < 1.29 is 18.1 Å². The van der Waals surface area contributed by atoms with E-state index >= 15 is 0 Å². The van der Waals surface area contributed by atoms with E-state index in [9.17, 15) is 18.5 Å². The summed E-state index contributed by atoms with van der Waals surface area (Å²) in [5, 5.41) is 11.0. The van der Waals surface area contributed by atoms with Crippen molar-refractivity contribution in [3.63, 3.8) is 0 Å². The fourth-order valence-electron chi connectivity index (χ4n) is 2.35. The fourth-order valence-corrected chi connectivity index (χ4v) is 4.40. The van der Waals surface area contributed by atoms with Gasteiger partial charge in [-0.25, -0.2) is 8.42 Å². The molecular weight excluding hydrogens is 368 g/mol. The van der Waals surface area contributed by atoms with Crippen LogP contribution in [0.15, 0.2) is 35.2 Å². The van der Waals surface area contributed by atoms with Crippen LogP contribution in [0.2, 0.25) is 0 Å². The van der Waals surface area contributed by atoms with Crippen molar-refractivity contribution in [2.75, 3.05) is 11.8 Å². The molecule has 0 amide bonds. The van der Waals surface area contributed by atoms with E-state index in [1.54, 1.807) is 19.1 Å². The molecule has 0 fully saturated rings. The Kier molecular flexibility index (Phi) is 4.27. The van der Waals surface area contributed by atoms with Crippen LogP contribution in [0.1, 0.15) is 5.56 Å². The predicted molar refractivity (Wildman–Crippen MR) is 92.6 cm³/mol. The van der Waals surface area contributed by atoms with E-state index in [0.29, 0.717) is 11.1 Å². The van der Waals surface area contributed by atoms with Gasteiger partial charge in [-0.3, -0.25) is 14.8 Å². The summed E-state index contributed by atoms with van der Waals surface area (Å²) in [7, 11) is -2.72. The molecule has 11 heteroatoms. The Bertz CT molecular complexity index is 1080. The molecule has 0 spiro atoms. The third-order valence-corrected chi connectivity index (χ3v) is 5.57. The molecule has 0 unspecified atom stereocenters. The molecule has 0 saturated heterocycles. The van der Waals surface area contributed by atoms with Gasteiger partial charge in [0, 0.05) is 12.1 Å². The van der Waals surface area contributed by atoms with Crippen LogP contribution in [0.5, 0.6) is 5.75 Å². The first kappa shape index (κ1) is 17.0. The van der Waals surface area contributed by atoms with Crippen molar-refractivity contribution in [1.82, 2.24) is 8.75 Å². The molecule has 9 nitrogen and oxygen atoms in total. The summed E-state index contributed by atoms with van der Waals surface area (Å²) in [6.45, 7) is 1.64. The monoisotopic (exact) mass is 380 g/mol. The lowest BCUT2D eigenvalue weighted by Crippen LogP contribution is -2.15. The van der Waals surface area contributed by atoms with Crippen molar-refractivity contribution in [2.24, 2.45) is 0 Å². The minimum atomic E-state index is -4.06. The molecule has 1 aromatic heterocycles. The zero-order valence-corrected chi connectivity index (χ0v) is 14.7. The van der Waals surface area contributed by atoms with Crippen LogP contribution in [0.25, 0.3) is 11.0 Å². The molecule has 1 N–H and O–H groups in total. The smallest absolute Gasteiger partial charge is 0.271 e. The Balaban J connectivity index is 2.13. The number of anilines is 1. The quantitative estimate of drug-likeness (QED) is 0.533. The number of methoxy groups -OCH3 is 1. The summed E-state index contributed by atoms with van der Waals surface area (Å²) in [6, 6.07) is 6.97. The molecular formula is C14H12N4O5S2. The minimum absolute atomic E-state index is 0.0210. The van der Waals surface area contributed by atoms with Gasteiger partial charge in [0.05, 0.1) is 29.4 Å². The molecule has 0 bridgehead atoms. The van der Waals surface area contributed by atoms with Crippen molar-refractivity contribution in [2.45, 2.75) is 11.8 Å². The lowest BCUT2D eigenvalue weighted by atomic mass is 10.2. The molecule has 0 atom stereocenters. The van der Waals surface area contributed by atoms with Crippen LogP contribution in [-0.2, 0) is 10.0 Å². The SMILES string of the molecule is COc1ccc([N+](=O)[O-])cc1NS(=O)(=O)c1c(C)ccc2nsnc12. The van der Waals surface area contributed by atoms with E-state index in [0.717, 1.165) is 17.8 Å². The zero-order valence-electron chi connectivity index (χ0n) is 13.1. The second-order valence-corrected chi connectivity index (χ2v) is 7.24. The molecule has 3 rings (SSSR count). The van der Waals surface area contributed by atoms with Gasteiger partial charge in [-0.2, -0.15) is 8.75 Å². The van der Waals surface area contributed by atoms with Crippen molar-refractivity contribution in [3.05, 3.63) is 46.0 Å². The number of ether oxygens (including phenoxy) is 1. The van der Waals surface area contributed by atoms with E-state index in [2.05, 4.69) is 13.5 Å². The van der Waals surface area contributed by atoms with E-state index in [-0.39, 0.29) is 27.5 Å².